The van der Waals surface area contributed by atoms with Crippen molar-refractivity contribution >= 4 is 34.1 Å². The van der Waals surface area contributed by atoms with E-state index in [9.17, 15) is 4.79 Å². The van der Waals surface area contributed by atoms with Crippen molar-refractivity contribution in [2.75, 3.05) is 19.0 Å². The number of benzene rings is 1. The molecule has 8 heteroatoms. The summed E-state index contributed by atoms with van der Waals surface area (Å²) in [5.41, 5.74) is 6.84. The molecule has 21 heavy (non-hydrogen) atoms. The molecular formula is C13H16N4O2S2. The van der Waals surface area contributed by atoms with Crippen molar-refractivity contribution in [1.29, 1.82) is 0 Å². The van der Waals surface area contributed by atoms with Gasteiger partial charge in [-0.05, 0) is 5.56 Å². The zero-order chi connectivity index (χ0) is 15.1. The lowest BCUT2D eigenvalue weighted by molar-refractivity contribution is -0.118. The second-order valence-corrected chi connectivity index (χ2v) is 6.40. The molecule has 0 radical (unpaired) electrons. The van der Waals surface area contributed by atoms with E-state index in [0.29, 0.717) is 5.13 Å². The van der Waals surface area contributed by atoms with Gasteiger partial charge in [-0.15, -0.1) is 10.2 Å². The standard InChI is InChI=1S/C13H16N4O2S2/c1-19-7-10(14)11(18)15-12-16-17-13(21-12)20-8-9-5-3-2-4-6-9/h2-6,10H,7-8,14H2,1H3,(H,15,16,18). The van der Waals surface area contributed by atoms with Crippen molar-refractivity contribution in [2.24, 2.45) is 5.73 Å². The number of thioether (sulfide) groups is 1. The fourth-order valence-corrected chi connectivity index (χ4v) is 3.20. The lowest BCUT2D eigenvalue weighted by atomic mass is 10.2. The number of aromatic nitrogens is 2. The predicted octanol–water partition coefficient (Wildman–Crippen LogP) is 1.74. The Balaban J connectivity index is 1.85. The number of carbonyl (C=O) groups excluding carboxylic acids is 1. The largest absolute Gasteiger partial charge is 0.383 e. The molecule has 1 amide bonds. The number of ether oxygens (including phenoxy) is 1. The van der Waals surface area contributed by atoms with E-state index < -0.39 is 6.04 Å². The van der Waals surface area contributed by atoms with Gasteiger partial charge >= 0.3 is 0 Å². The highest BCUT2D eigenvalue weighted by atomic mass is 32.2. The molecule has 0 aliphatic heterocycles. The predicted molar refractivity (Wildman–Crippen MR) is 84.4 cm³/mol. The number of rotatable bonds is 7. The first-order chi connectivity index (χ1) is 10.2. The van der Waals surface area contributed by atoms with Crippen molar-refractivity contribution in [3.63, 3.8) is 0 Å². The lowest BCUT2D eigenvalue weighted by Crippen LogP contribution is -2.39. The van der Waals surface area contributed by atoms with Crippen LogP contribution in [0.5, 0.6) is 0 Å². The van der Waals surface area contributed by atoms with Crippen molar-refractivity contribution in [1.82, 2.24) is 10.2 Å². The van der Waals surface area contributed by atoms with Crippen LogP contribution in [0.3, 0.4) is 0 Å². The lowest BCUT2D eigenvalue weighted by Gasteiger charge is -2.08. The van der Waals surface area contributed by atoms with Crippen LogP contribution in [0.25, 0.3) is 0 Å². The van der Waals surface area contributed by atoms with Gasteiger partial charge < -0.3 is 10.5 Å². The molecule has 2 aromatic rings. The maximum atomic E-state index is 11.7. The molecule has 3 N–H and O–H groups in total. The average molecular weight is 324 g/mol. The van der Waals surface area contributed by atoms with Crippen LogP contribution in [-0.2, 0) is 15.3 Å². The van der Waals surface area contributed by atoms with Crippen LogP contribution in [0, 0.1) is 0 Å². The molecular weight excluding hydrogens is 308 g/mol. The molecule has 6 nitrogen and oxygen atoms in total. The number of methoxy groups -OCH3 is 1. The number of nitrogens with zero attached hydrogens (tertiary/aromatic N) is 2. The zero-order valence-electron chi connectivity index (χ0n) is 11.5. The normalized spacial score (nSPS) is 12.1. The first-order valence-electron chi connectivity index (χ1n) is 6.24. The quantitative estimate of drug-likeness (QED) is 0.595. The Labute approximate surface area is 131 Å². The Kier molecular flexibility index (Phi) is 6.12. The van der Waals surface area contributed by atoms with Gasteiger partial charge in [-0.2, -0.15) is 0 Å². The smallest absolute Gasteiger partial charge is 0.245 e. The molecule has 0 bridgehead atoms. The van der Waals surface area contributed by atoms with Crippen LogP contribution in [0.2, 0.25) is 0 Å². The Morgan fingerprint density at radius 1 is 1.43 bits per heavy atom. The van der Waals surface area contributed by atoms with Crippen molar-refractivity contribution < 1.29 is 9.53 Å². The molecule has 1 unspecified atom stereocenters. The maximum Gasteiger partial charge on any atom is 0.245 e. The van der Waals surface area contributed by atoms with Gasteiger partial charge in [0.2, 0.25) is 11.0 Å². The molecule has 0 saturated carbocycles. The van der Waals surface area contributed by atoms with Gasteiger partial charge in [0.05, 0.1) is 6.61 Å². The van der Waals surface area contributed by atoms with Gasteiger partial charge in [0.15, 0.2) is 4.34 Å². The highest BCUT2D eigenvalue weighted by Gasteiger charge is 2.15. The Bertz CT molecular complexity index is 577. The molecule has 0 aliphatic rings. The minimum absolute atomic E-state index is 0.167. The molecule has 1 aromatic heterocycles. The van der Waals surface area contributed by atoms with Gasteiger partial charge in [-0.25, -0.2) is 0 Å². The molecule has 1 heterocycles. The summed E-state index contributed by atoms with van der Waals surface area (Å²) in [6.07, 6.45) is 0. The minimum Gasteiger partial charge on any atom is -0.383 e. The SMILES string of the molecule is COCC(N)C(=O)Nc1nnc(SCc2ccccc2)s1. The summed E-state index contributed by atoms with van der Waals surface area (Å²) in [6, 6.07) is 9.38. The first-order valence-corrected chi connectivity index (χ1v) is 8.05. The first kappa shape index (κ1) is 15.9. The molecule has 0 fully saturated rings. The Hall–Kier alpha value is -1.48. The third kappa shape index (κ3) is 5.09. The van der Waals surface area contributed by atoms with Crippen LogP contribution in [0.15, 0.2) is 34.7 Å². The number of carbonyl (C=O) groups is 1. The van der Waals surface area contributed by atoms with Crippen LogP contribution < -0.4 is 11.1 Å². The van der Waals surface area contributed by atoms with E-state index in [-0.39, 0.29) is 12.5 Å². The van der Waals surface area contributed by atoms with E-state index in [1.807, 2.05) is 18.2 Å². The molecule has 1 atom stereocenters. The summed E-state index contributed by atoms with van der Waals surface area (Å²) < 4.78 is 5.63. The van der Waals surface area contributed by atoms with Gasteiger partial charge in [0.25, 0.3) is 0 Å². The van der Waals surface area contributed by atoms with E-state index in [1.54, 1.807) is 11.8 Å². The van der Waals surface area contributed by atoms with Gasteiger partial charge in [-0.3, -0.25) is 10.1 Å². The van der Waals surface area contributed by atoms with Crippen LogP contribution in [-0.4, -0.2) is 35.9 Å². The number of hydrogen-bond donors (Lipinski definition) is 2. The highest BCUT2D eigenvalue weighted by Crippen LogP contribution is 2.28. The van der Waals surface area contributed by atoms with Crippen LogP contribution in [0.1, 0.15) is 5.56 Å². The topological polar surface area (TPSA) is 90.1 Å². The third-order valence-electron chi connectivity index (χ3n) is 2.52. The average Bonchev–Trinajstić information content (AvgIpc) is 2.94. The van der Waals surface area contributed by atoms with E-state index in [4.69, 9.17) is 10.5 Å². The summed E-state index contributed by atoms with van der Waals surface area (Å²) in [7, 11) is 1.50. The number of anilines is 1. The fraction of sp³-hybridized carbons (Fsp3) is 0.308. The molecule has 0 spiro atoms. The maximum absolute atomic E-state index is 11.7. The molecule has 1 aromatic carbocycles. The van der Waals surface area contributed by atoms with Crippen molar-refractivity contribution in [2.45, 2.75) is 16.1 Å². The summed E-state index contributed by atoms with van der Waals surface area (Å²) in [5.74, 6) is 0.486. The van der Waals surface area contributed by atoms with Crippen LogP contribution >= 0.6 is 23.1 Å². The number of nitrogens with two attached hydrogens (primary N) is 1. The summed E-state index contributed by atoms with van der Waals surface area (Å²) in [6.45, 7) is 0.167. The molecule has 112 valence electrons. The molecule has 0 aliphatic carbocycles. The molecule has 0 saturated heterocycles. The van der Waals surface area contributed by atoms with Gasteiger partial charge in [-0.1, -0.05) is 53.4 Å². The van der Waals surface area contributed by atoms with E-state index in [0.717, 1.165) is 10.1 Å². The number of hydrogen-bond acceptors (Lipinski definition) is 7. The minimum atomic E-state index is -0.709. The summed E-state index contributed by atoms with van der Waals surface area (Å²) >= 11 is 2.91. The van der Waals surface area contributed by atoms with E-state index >= 15 is 0 Å². The van der Waals surface area contributed by atoms with Crippen molar-refractivity contribution in [3.05, 3.63) is 35.9 Å². The second kappa shape index (κ2) is 8.08. The monoisotopic (exact) mass is 324 g/mol. The zero-order valence-corrected chi connectivity index (χ0v) is 13.1. The summed E-state index contributed by atoms with van der Waals surface area (Å²) in [4.78, 5) is 11.7. The fourth-order valence-electron chi connectivity index (χ4n) is 1.49. The number of amides is 1. The Morgan fingerprint density at radius 2 is 2.19 bits per heavy atom. The van der Waals surface area contributed by atoms with E-state index in [2.05, 4.69) is 27.6 Å². The van der Waals surface area contributed by atoms with E-state index in [1.165, 1.54) is 24.0 Å². The van der Waals surface area contributed by atoms with Gasteiger partial charge in [0, 0.05) is 12.9 Å². The Morgan fingerprint density at radius 3 is 2.90 bits per heavy atom. The third-order valence-corrected chi connectivity index (χ3v) is 4.57. The van der Waals surface area contributed by atoms with Gasteiger partial charge in [0.1, 0.15) is 6.04 Å². The summed E-state index contributed by atoms with van der Waals surface area (Å²) in [5, 5.41) is 11.0. The van der Waals surface area contributed by atoms with Crippen LogP contribution in [0.4, 0.5) is 5.13 Å². The number of nitrogens with one attached hydrogen (secondary N) is 1. The van der Waals surface area contributed by atoms with Crippen molar-refractivity contribution in [3.8, 4) is 0 Å². The molecule has 2 rings (SSSR count). The highest BCUT2D eigenvalue weighted by molar-refractivity contribution is 8.00. The second-order valence-electron chi connectivity index (χ2n) is 4.20.